The molecule has 0 spiro atoms. The van der Waals surface area contributed by atoms with Gasteiger partial charge in [-0.2, -0.15) is 0 Å². The summed E-state index contributed by atoms with van der Waals surface area (Å²) in [7, 11) is 0. The van der Waals surface area contributed by atoms with Crippen molar-refractivity contribution < 1.29 is 0 Å². The molecule has 0 aliphatic rings. The van der Waals surface area contributed by atoms with Crippen LogP contribution in [0.4, 0.5) is 0 Å². The molecule has 20 aromatic carbocycles. The number of hydrogen-bond acceptors (Lipinski definition) is 8. The summed E-state index contributed by atoms with van der Waals surface area (Å²) in [5.41, 5.74) is 30.0. The van der Waals surface area contributed by atoms with E-state index < -0.39 is 0 Å². The molecule has 0 bridgehead atoms. The average molecular weight is 1680 g/mol. The Labute approximate surface area is 764 Å². The average Bonchev–Trinajstić information content (AvgIpc) is 0.710. The van der Waals surface area contributed by atoms with Crippen molar-refractivity contribution in [3.05, 3.63) is 485 Å². The first-order valence-electron chi connectivity index (χ1n) is 44.6. The number of hydrogen-bond donors (Lipinski definition) is 0. The van der Waals surface area contributed by atoms with Gasteiger partial charge in [0, 0.05) is 66.1 Å². The minimum Gasteiger partial charge on any atom is -0.247 e. The van der Waals surface area contributed by atoms with Crippen LogP contribution in [0, 0.1) is 0 Å². The zero-order valence-corrected chi connectivity index (χ0v) is 71.8. The largest absolute Gasteiger partial charge is 0.247 e. The molecule has 0 atom stereocenters. The van der Waals surface area contributed by atoms with Crippen LogP contribution in [-0.4, -0.2) is 39.9 Å². The van der Waals surface area contributed by atoms with E-state index in [0.29, 0.717) is 34.9 Å². The SMILES string of the molecule is c1ccc(-c2ccc(-c3nc(-c4ccc(-c5ccccc5)cc4)nc(-c4ccc(-c5cccc(-c6ccc(-c7ccc8ccc9c%10ccccc%10ccc9c8n7)cc6)c5)cc4)n3)cc2)cc1.c1ccc(-c2ccc(-c3nc(-c4ccc(-c5ccccc5)cc4)nc(-c4ccc(-c5cccc(-c6ccc(-c7nc8ccccc8c8ccc9ccccc9c78)cc6)c5)cc4)n3)cc2)cc1. The van der Waals surface area contributed by atoms with Gasteiger partial charge in [-0.15, -0.1) is 0 Å². The van der Waals surface area contributed by atoms with Gasteiger partial charge in [0.25, 0.3) is 0 Å². The van der Waals surface area contributed by atoms with Gasteiger partial charge in [-0.1, -0.05) is 461 Å². The second kappa shape index (κ2) is 34.9. The standard InChI is InChI=1S/2C62H40N4/c1-3-12-41(13-4-1)43-24-32-49(33-25-43)60-64-61(50-34-26-44(27-35-50)42-14-5-2-6-15-42)66-62(65-60)51-36-28-46(29-37-51)53-18-11-17-52(40-53)45-22-30-48(31-23-45)59-58-54-19-8-7-16-47(54)38-39-56(58)55-20-9-10-21-57(55)63-59;1-3-10-41(11-4-1)43-20-28-50(29-21-43)60-64-61(51-30-22-44(23-31-51)42-12-5-2-6-13-42)66-62(65-60)52-32-24-46(25-33-52)54-16-9-15-53(40-54)45-18-26-48(27-19-45)58-39-36-49-35-37-56-55-17-8-7-14-47(55)34-38-57(56)59(49)63-58/h2*1-40H. The fourth-order valence-electron chi connectivity index (χ4n) is 18.1. The maximum Gasteiger partial charge on any atom is 0.164 e. The van der Waals surface area contributed by atoms with Gasteiger partial charge in [-0.3, -0.25) is 0 Å². The van der Waals surface area contributed by atoms with Crippen molar-refractivity contribution in [2.75, 3.05) is 0 Å². The van der Waals surface area contributed by atoms with Crippen LogP contribution in [0.25, 0.3) is 245 Å². The molecule has 8 nitrogen and oxygen atoms in total. The van der Waals surface area contributed by atoms with Crippen LogP contribution in [0.3, 0.4) is 0 Å². The van der Waals surface area contributed by atoms with Crippen molar-refractivity contribution in [1.29, 1.82) is 0 Å². The fraction of sp³-hybridized carbons (Fsp3) is 0. The minimum atomic E-state index is 0.622. The van der Waals surface area contributed by atoms with E-state index in [1.165, 1.54) is 70.7 Å². The Bertz CT molecular complexity index is 8190. The van der Waals surface area contributed by atoms with E-state index in [9.17, 15) is 0 Å². The Morgan fingerprint density at radius 3 is 0.758 bits per heavy atom. The van der Waals surface area contributed by atoms with Crippen molar-refractivity contribution >= 4 is 64.9 Å². The highest BCUT2D eigenvalue weighted by Gasteiger charge is 2.20. The van der Waals surface area contributed by atoms with Gasteiger partial charge in [0.05, 0.1) is 22.4 Å². The quantitative estimate of drug-likeness (QED) is 0.0882. The van der Waals surface area contributed by atoms with Crippen molar-refractivity contribution in [1.82, 2.24) is 39.9 Å². The zero-order valence-electron chi connectivity index (χ0n) is 71.8. The molecule has 0 saturated carbocycles. The van der Waals surface area contributed by atoms with E-state index in [1.54, 1.807) is 0 Å². The second-order valence-electron chi connectivity index (χ2n) is 33.3. The maximum absolute atomic E-state index is 5.26. The third kappa shape index (κ3) is 15.9. The highest BCUT2D eigenvalue weighted by atomic mass is 15.0. The zero-order chi connectivity index (χ0) is 87.6. The number of fused-ring (bicyclic) bond motifs is 10. The van der Waals surface area contributed by atoms with Crippen LogP contribution in [0.1, 0.15) is 0 Å². The molecule has 4 heterocycles. The summed E-state index contributed by atoms with van der Waals surface area (Å²) in [6, 6.07) is 171. The molecular formula is C124H80N8. The predicted molar refractivity (Wildman–Crippen MR) is 547 cm³/mol. The fourth-order valence-corrected chi connectivity index (χ4v) is 18.1. The van der Waals surface area contributed by atoms with Crippen LogP contribution >= 0.6 is 0 Å². The molecule has 132 heavy (non-hydrogen) atoms. The molecule has 0 aliphatic carbocycles. The number of para-hydroxylation sites is 1. The lowest BCUT2D eigenvalue weighted by atomic mass is 9.94. The Morgan fingerprint density at radius 1 is 0.121 bits per heavy atom. The first-order valence-corrected chi connectivity index (χ1v) is 44.6. The van der Waals surface area contributed by atoms with Crippen molar-refractivity contribution in [2.24, 2.45) is 0 Å². The van der Waals surface area contributed by atoms with Crippen LogP contribution in [0.2, 0.25) is 0 Å². The van der Waals surface area contributed by atoms with Gasteiger partial charge < -0.3 is 0 Å². The third-order valence-corrected chi connectivity index (χ3v) is 25.1. The Balaban J connectivity index is 0.000000150. The van der Waals surface area contributed by atoms with Gasteiger partial charge >= 0.3 is 0 Å². The summed E-state index contributed by atoms with van der Waals surface area (Å²) in [5, 5.41) is 12.0. The highest BCUT2D eigenvalue weighted by molar-refractivity contribution is 6.21. The Kier molecular flexibility index (Phi) is 20.9. The Hall–Kier alpha value is -17.7. The monoisotopic (exact) mass is 1680 g/mol. The lowest BCUT2D eigenvalue weighted by Crippen LogP contribution is -2.00. The van der Waals surface area contributed by atoms with Gasteiger partial charge in [0.1, 0.15) is 0 Å². The summed E-state index contributed by atoms with van der Waals surface area (Å²) in [6.45, 7) is 0. The topological polar surface area (TPSA) is 103 Å². The molecular weight excluding hydrogens is 1600 g/mol. The van der Waals surface area contributed by atoms with Crippen LogP contribution < -0.4 is 0 Å². The number of aromatic nitrogens is 8. The molecule has 0 amide bonds. The normalized spacial score (nSPS) is 11.3. The molecule has 8 heteroatoms. The first-order chi connectivity index (χ1) is 65.3. The van der Waals surface area contributed by atoms with Crippen molar-refractivity contribution in [2.45, 2.75) is 0 Å². The molecule has 0 saturated heterocycles. The second-order valence-corrected chi connectivity index (χ2v) is 33.3. The lowest BCUT2D eigenvalue weighted by molar-refractivity contribution is 1.07. The van der Waals surface area contributed by atoms with E-state index in [0.717, 1.165) is 139 Å². The number of nitrogens with zero attached hydrogens (tertiary/aromatic N) is 8. The summed E-state index contributed by atoms with van der Waals surface area (Å²) in [4.78, 5) is 40.8. The van der Waals surface area contributed by atoms with Crippen LogP contribution in [-0.2, 0) is 0 Å². The summed E-state index contributed by atoms with van der Waals surface area (Å²) < 4.78 is 0. The number of pyridine rings is 2. The third-order valence-electron chi connectivity index (χ3n) is 25.1. The van der Waals surface area contributed by atoms with E-state index in [4.69, 9.17) is 39.9 Å². The summed E-state index contributed by atoms with van der Waals surface area (Å²) >= 11 is 0. The molecule has 24 aromatic rings. The molecule has 616 valence electrons. The molecule has 0 aliphatic heterocycles. The van der Waals surface area contributed by atoms with Crippen LogP contribution in [0.15, 0.2) is 485 Å². The molecule has 24 rings (SSSR count). The molecule has 0 N–H and O–H groups in total. The van der Waals surface area contributed by atoms with Crippen LogP contribution in [0.5, 0.6) is 0 Å². The van der Waals surface area contributed by atoms with E-state index >= 15 is 0 Å². The number of benzene rings is 20. The molecule has 4 aromatic heterocycles. The maximum atomic E-state index is 5.26. The first kappa shape index (κ1) is 79.0. The van der Waals surface area contributed by atoms with E-state index in [-0.39, 0.29) is 0 Å². The van der Waals surface area contributed by atoms with Gasteiger partial charge in [-0.05, 0) is 146 Å². The van der Waals surface area contributed by atoms with E-state index in [1.807, 2.05) is 24.3 Å². The van der Waals surface area contributed by atoms with Gasteiger partial charge in [0.2, 0.25) is 0 Å². The minimum absolute atomic E-state index is 0.622. The molecule has 0 fully saturated rings. The van der Waals surface area contributed by atoms with Gasteiger partial charge in [0.15, 0.2) is 34.9 Å². The molecule has 0 unspecified atom stereocenters. The Morgan fingerprint density at radius 2 is 0.379 bits per heavy atom. The summed E-state index contributed by atoms with van der Waals surface area (Å²) in [5.74, 6) is 3.75. The highest BCUT2D eigenvalue weighted by Crippen LogP contribution is 2.42. The lowest BCUT2D eigenvalue weighted by Gasteiger charge is -2.13. The summed E-state index contributed by atoms with van der Waals surface area (Å²) in [6.07, 6.45) is 0. The predicted octanol–water partition coefficient (Wildman–Crippen LogP) is 32.1. The van der Waals surface area contributed by atoms with Gasteiger partial charge in [-0.25, -0.2) is 39.9 Å². The van der Waals surface area contributed by atoms with Crippen molar-refractivity contribution in [3.8, 4) is 180 Å². The number of rotatable bonds is 16. The van der Waals surface area contributed by atoms with Crippen molar-refractivity contribution in [3.63, 3.8) is 0 Å². The van der Waals surface area contributed by atoms with E-state index in [2.05, 4.69) is 461 Å². The molecule has 0 radical (unpaired) electrons. The smallest absolute Gasteiger partial charge is 0.164 e.